The summed E-state index contributed by atoms with van der Waals surface area (Å²) in [5.74, 6) is 1.65. The Hall–Kier alpha value is -1.74. The van der Waals surface area contributed by atoms with Crippen LogP contribution in [0.3, 0.4) is 0 Å². The minimum atomic E-state index is 0.0914. The second-order valence-corrected chi connectivity index (χ2v) is 4.57. The first-order valence-electron chi connectivity index (χ1n) is 6.31. The molecule has 1 aromatic carbocycles. The van der Waals surface area contributed by atoms with Crippen LogP contribution in [0.2, 0.25) is 5.15 Å². The SMILES string of the molecule is CCOc1ccccc1C(C)Nc1cccc(Cl)n1. The highest BCUT2D eigenvalue weighted by molar-refractivity contribution is 6.29. The van der Waals surface area contributed by atoms with Gasteiger partial charge in [-0.15, -0.1) is 0 Å². The third-order valence-corrected chi connectivity index (χ3v) is 2.98. The number of benzene rings is 1. The lowest BCUT2D eigenvalue weighted by Crippen LogP contribution is -2.09. The summed E-state index contributed by atoms with van der Waals surface area (Å²) in [4.78, 5) is 4.23. The fourth-order valence-electron chi connectivity index (χ4n) is 1.91. The largest absolute Gasteiger partial charge is 0.494 e. The zero-order valence-electron chi connectivity index (χ0n) is 11.1. The number of pyridine rings is 1. The maximum Gasteiger partial charge on any atom is 0.131 e. The molecule has 0 amide bonds. The van der Waals surface area contributed by atoms with Gasteiger partial charge in [-0.2, -0.15) is 0 Å². The molecule has 2 rings (SSSR count). The third-order valence-electron chi connectivity index (χ3n) is 2.76. The Balaban J connectivity index is 2.17. The van der Waals surface area contributed by atoms with Gasteiger partial charge in [-0.1, -0.05) is 35.9 Å². The number of anilines is 1. The van der Waals surface area contributed by atoms with Crippen LogP contribution in [-0.2, 0) is 0 Å². The summed E-state index contributed by atoms with van der Waals surface area (Å²) >= 11 is 5.88. The number of aromatic nitrogens is 1. The number of ether oxygens (including phenoxy) is 1. The van der Waals surface area contributed by atoms with Crippen LogP contribution in [0.4, 0.5) is 5.82 Å². The van der Waals surface area contributed by atoms with Gasteiger partial charge >= 0.3 is 0 Å². The van der Waals surface area contributed by atoms with Gasteiger partial charge in [0.05, 0.1) is 12.6 Å². The Bertz CT molecular complexity index is 545. The number of nitrogens with zero attached hydrogens (tertiary/aromatic N) is 1. The molecule has 1 heterocycles. The molecule has 0 saturated heterocycles. The fraction of sp³-hybridized carbons (Fsp3) is 0.267. The Kier molecular flexibility index (Phi) is 4.63. The molecule has 2 aromatic rings. The number of para-hydroxylation sites is 1. The van der Waals surface area contributed by atoms with Crippen molar-refractivity contribution in [1.82, 2.24) is 4.98 Å². The first-order valence-corrected chi connectivity index (χ1v) is 6.69. The number of hydrogen-bond donors (Lipinski definition) is 1. The van der Waals surface area contributed by atoms with Crippen molar-refractivity contribution in [2.75, 3.05) is 11.9 Å². The van der Waals surface area contributed by atoms with E-state index in [0.717, 1.165) is 17.1 Å². The van der Waals surface area contributed by atoms with E-state index in [4.69, 9.17) is 16.3 Å². The van der Waals surface area contributed by atoms with Crippen molar-refractivity contribution in [2.24, 2.45) is 0 Å². The normalized spacial score (nSPS) is 11.9. The van der Waals surface area contributed by atoms with E-state index in [2.05, 4.69) is 17.2 Å². The average Bonchev–Trinajstić information content (AvgIpc) is 2.39. The van der Waals surface area contributed by atoms with E-state index in [1.54, 1.807) is 6.07 Å². The van der Waals surface area contributed by atoms with Gasteiger partial charge in [-0.25, -0.2) is 4.98 Å². The van der Waals surface area contributed by atoms with Gasteiger partial charge in [0, 0.05) is 5.56 Å². The zero-order valence-corrected chi connectivity index (χ0v) is 11.8. The highest BCUT2D eigenvalue weighted by atomic mass is 35.5. The van der Waals surface area contributed by atoms with Crippen LogP contribution >= 0.6 is 11.6 Å². The molecular formula is C15H17ClN2O. The highest BCUT2D eigenvalue weighted by Crippen LogP contribution is 2.27. The van der Waals surface area contributed by atoms with Crippen LogP contribution < -0.4 is 10.1 Å². The molecular weight excluding hydrogens is 260 g/mol. The van der Waals surface area contributed by atoms with Crippen molar-refractivity contribution in [3.63, 3.8) is 0 Å². The maximum atomic E-state index is 5.88. The van der Waals surface area contributed by atoms with Gasteiger partial charge in [-0.3, -0.25) is 0 Å². The van der Waals surface area contributed by atoms with Gasteiger partial charge in [0.25, 0.3) is 0 Å². The van der Waals surface area contributed by atoms with Crippen molar-refractivity contribution >= 4 is 17.4 Å². The lowest BCUT2D eigenvalue weighted by molar-refractivity contribution is 0.335. The summed E-state index contributed by atoms with van der Waals surface area (Å²) in [6, 6.07) is 13.6. The molecule has 100 valence electrons. The van der Waals surface area contributed by atoms with E-state index in [9.17, 15) is 0 Å². The molecule has 3 nitrogen and oxygen atoms in total. The Labute approximate surface area is 118 Å². The molecule has 0 bridgehead atoms. The lowest BCUT2D eigenvalue weighted by Gasteiger charge is -2.18. The second-order valence-electron chi connectivity index (χ2n) is 4.18. The summed E-state index contributed by atoms with van der Waals surface area (Å²) < 4.78 is 5.63. The van der Waals surface area contributed by atoms with Crippen molar-refractivity contribution in [3.8, 4) is 5.75 Å². The smallest absolute Gasteiger partial charge is 0.131 e. The average molecular weight is 277 g/mol. The van der Waals surface area contributed by atoms with Crippen LogP contribution in [0.25, 0.3) is 0 Å². The molecule has 0 saturated carbocycles. The summed E-state index contributed by atoms with van der Waals surface area (Å²) in [6.07, 6.45) is 0. The van der Waals surface area contributed by atoms with Crippen molar-refractivity contribution < 1.29 is 4.74 Å². The van der Waals surface area contributed by atoms with Crippen molar-refractivity contribution in [3.05, 3.63) is 53.2 Å². The topological polar surface area (TPSA) is 34.1 Å². The molecule has 19 heavy (non-hydrogen) atoms. The molecule has 4 heteroatoms. The number of halogens is 1. The van der Waals surface area contributed by atoms with Gasteiger partial charge in [0.2, 0.25) is 0 Å². The molecule has 1 unspecified atom stereocenters. The molecule has 0 fully saturated rings. The van der Waals surface area contributed by atoms with Gasteiger partial charge in [-0.05, 0) is 32.0 Å². The van der Waals surface area contributed by atoms with Crippen molar-refractivity contribution in [1.29, 1.82) is 0 Å². The summed E-state index contributed by atoms with van der Waals surface area (Å²) in [5, 5.41) is 3.80. The van der Waals surface area contributed by atoms with E-state index in [-0.39, 0.29) is 6.04 Å². The summed E-state index contributed by atoms with van der Waals surface area (Å²) in [7, 11) is 0. The third kappa shape index (κ3) is 3.61. The highest BCUT2D eigenvalue weighted by Gasteiger charge is 2.11. The van der Waals surface area contributed by atoms with Gasteiger partial charge in [0.15, 0.2) is 0 Å². The molecule has 1 atom stereocenters. The van der Waals surface area contributed by atoms with Crippen LogP contribution in [0.15, 0.2) is 42.5 Å². The van der Waals surface area contributed by atoms with Crippen LogP contribution in [0.1, 0.15) is 25.5 Å². The first-order chi connectivity index (χ1) is 9.20. The van der Waals surface area contributed by atoms with E-state index < -0.39 is 0 Å². The summed E-state index contributed by atoms with van der Waals surface area (Å²) in [6.45, 7) is 4.70. The van der Waals surface area contributed by atoms with Crippen LogP contribution in [0.5, 0.6) is 5.75 Å². The van der Waals surface area contributed by atoms with E-state index in [0.29, 0.717) is 11.8 Å². The maximum absolute atomic E-state index is 5.88. The van der Waals surface area contributed by atoms with Gasteiger partial charge < -0.3 is 10.1 Å². The zero-order chi connectivity index (χ0) is 13.7. The monoisotopic (exact) mass is 276 g/mol. The Morgan fingerprint density at radius 3 is 2.74 bits per heavy atom. The predicted molar refractivity (Wildman–Crippen MR) is 78.9 cm³/mol. The minimum Gasteiger partial charge on any atom is -0.494 e. The number of hydrogen-bond acceptors (Lipinski definition) is 3. The second kappa shape index (κ2) is 6.43. The number of nitrogens with one attached hydrogen (secondary N) is 1. The standard InChI is InChI=1S/C15H17ClN2O/c1-3-19-13-8-5-4-7-12(13)11(2)17-15-10-6-9-14(16)18-15/h4-11H,3H2,1-2H3,(H,17,18). The summed E-state index contributed by atoms with van der Waals surface area (Å²) in [5.41, 5.74) is 1.10. The molecule has 0 aliphatic carbocycles. The van der Waals surface area contributed by atoms with E-state index >= 15 is 0 Å². The minimum absolute atomic E-state index is 0.0914. The molecule has 0 aliphatic heterocycles. The molecule has 0 radical (unpaired) electrons. The quantitative estimate of drug-likeness (QED) is 0.827. The fourth-order valence-corrected chi connectivity index (χ4v) is 2.08. The van der Waals surface area contributed by atoms with Crippen LogP contribution in [-0.4, -0.2) is 11.6 Å². The van der Waals surface area contributed by atoms with Gasteiger partial charge in [0.1, 0.15) is 16.7 Å². The molecule has 0 aliphatic rings. The molecule has 1 aromatic heterocycles. The Morgan fingerprint density at radius 1 is 1.21 bits per heavy atom. The lowest BCUT2D eigenvalue weighted by atomic mass is 10.1. The van der Waals surface area contributed by atoms with Crippen molar-refractivity contribution in [2.45, 2.75) is 19.9 Å². The predicted octanol–water partition coefficient (Wildman–Crippen LogP) is 4.31. The molecule has 1 N–H and O–H groups in total. The van der Waals surface area contributed by atoms with Crippen LogP contribution in [0, 0.1) is 0 Å². The molecule has 0 spiro atoms. The Morgan fingerprint density at radius 2 is 2.00 bits per heavy atom. The number of rotatable bonds is 5. The van der Waals surface area contributed by atoms with E-state index in [1.165, 1.54) is 0 Å². The first kappa shape index (κ1) is 13.7. The van der Waals surface area contributed by atoms with E-state index in [1.807, 2.05) is 43.3 Å².